The van der Waals surface area contributed by atoms with Crippen molar-refractivity contribution in [1.82, 2.24) is 0 Å². The molecule has 0 aliphatic carbocycles. The molecule has 0 saturated carbocycles. The van der Waals surface area contributed by atoms with Gasteiger partial charge in [-0.3, -0.25) is 9.69 Å². The van der Waals surface area contributed by atoms with Crippen molar-refractivity contribution in [3.63, 3.8) is 0 Å². The maximum Gasteiger partial charge on any atom is 0.292 e. The predicted octanol–water partition coefficient (Wildman–Crippen LogP) is 5.70. The number of amidine groups is 1. The molecule has 3 nitrogen and oxygen atoms in total. The zero-order valence-corrected chi connectivity index (χ0v) is 15.0. The largest absolute Gasteiger partial charge is 0.292 e. The highest BCUT2D eigenvalue weighted by atomic mass is 32.2. The van der Waals surface area contributed by atoms with E-state index in [1.165, 1.54) is 17.3 Å². The lowest BCUT2D eigenvalue weighted by molar-refractivity contribution is 0.267. The minimum Gasteiger partial charge on any atom is -0.261 e. The normalized spacial score (nSPS) is 18.5. The van der Waals surface area contributed by atoms with Crippen molar-refractivity contribution in [2.45, 2.75) is 11.7 Å². The molecule has 4 rings (SSSR count). The van der Waals surface area contributed by atoms with Crippen LogP contribution >= 0.6 is 11.8 Å². The van der Waals surface area contributed by atoms with Crippen LogP contribution in [-0.4, -0.2) is 16.3 Å². The summed E-state index contributed by atoms with van der Waals surface area (Å²) in [6.45, 7) is 0. The summed E-state index contributed by atoms with van der Waals surface area (Å²) in [7, 11) is 0. The smallest absolute Gasteiger partial charge is 0.261 e. The molecule has 0 spiro atoms. The number of rotatable bonds is 4. The van der Waals surface area contributed by atoms with Crippen molar-refractivity contribution in [1.29, 1.82) is 0 Å². The zero-order chi connectivity index (χ0) is 17.8. The Hall–Kier alpha value is -2.85. The number of aliphatic imine (C=N–C) groups is 1. The van der Waals surface area contributed by atoms with E-state index in [0.717, 1.165) is 23.6 Å². The van der Waals surface area contributed by atoms with Gasteiger partial charge < -0.3 is 0 Å². The molecule has 1 aliphatic rings. The number of nitrogens with zero attached hydrogens (tertiary/aromatic N) is 2. The first-order chi connectivity index (χ1) is 12.8. The standard InChI is InChI=1S/C22H18N2OS/c25-22-24(19-14-8-3-9-15-19)21(23-18-12-6-2-7-13-18)20(26-22)16-17-10-4-1-5-11-17/h1-15,20H,16H2. The number of hydrogen-bond acceptors (Lipinski definition) is 3. The minimum atomic E-state index is -0.00897. The number of benzene rings is 3. The molecular weight excluding hydrogens is 340 g/mol. The summed E-state index contributed by atoms with van der Waals surface area (Å²) in [5.74, 6) is 0.793. The van der Waals surface area contributed by atoms with Crippen molar-refractivity contribution >= 4 is 34.2 Å². The minimum absolute atomic E-state index is 0.00897. The second kappa shape index (κ2) is 7.58. The fourth-order valence-electron chi connectivity index (χ4n) is 3.00. The average molecular weight is 358 g/mol. The lowest BCUT2D eigenvalue weighted by atomic mass is 10.1. The molecule has 3 aromatic carbocycles. The third kappa shape index (κ3) is 3.55. The van der Waals surface area contributed by atoms with Crippen LogP contribution in [-0.2, 0) is 6.42 Å². The summed E-state index contributed by atoms with van der Waals surface area (Å²) in [5.41, 5.74) is 2.92. The molecule has 1 fully saturated rings. The lowest BCUT2D eigenvalue weighted by Gasteiger charge is -2.18. The second-order valence-corrected chi connectivity index (χ2v) is 7.19. The van der Waals surface area contributed by atoms with Crippen LogP contribution < -0.4 is 4.90 Å². The second-order valence-electron chi connectivity index (χ2n) is 6.04. The Morgan fingerprint density at radius 2 is 1.38 bits per heavy atom. The first-order valence-corrected chi connectivity index (χ1v) is 9.42. The molecule has 1 amide bonds. The van der Waals surface area contributed by atoms with E-state index in [9.17, 15) is 4.79 Å². The van der Waals surface area contributed by atoms with Crippen molar-refractivity contribution in [2.24, 2.45) is 4.99 Å². The highest BCUT2D eigenvalue weighted by Crippen LogP contribution is 2.35. The Labute approximate surface area is 157 Å². The van der Waals surface area contributed by atoms with Gasteiger partial charge in [-0.2, -0.15) is 0 Å². The maximum atomic E-state index is 12.8. The van der Waals surface area contributed by atoms with Gasteiger partial charge in [0.25, 0.3) is 5.24 Å². The zero-order valence-electron chi connectivity index (χ0n) is 14.2. The number of anilines is 1. The summed E-state index contributed by atoms with van der Waals surface area (Å²) >= 11 is 1.35. The van der Waals surface area contributed by atoms with Gasteiger partial charge in [0.05, 0.1) is 16.6 Å². The molecular formula is C22H18N2OS. The van der Waals surface area contributed by atoms with E-state index in [1.54, 1.807) is 4.90 Å². The van der Waals surface area contributed by atoms with Crippen molar-refractivity contribution in [3.05, 3.63) is 96.6 Å². The summed E-state index contributed by atoms with van der Waals surface area (Å²) in [4.78, 5) is 19.4. The topological polar surface area (TPSA) is 32.7 Å². The molecule has 1 aliphatic heterocycles. The first-order valence-electron chi connectivity index (χ1n) is 8.54. The van der Waals surface area contributed by atoms with E-state index in [4.69, 9.17) is 4.99 Å². The van der Waals surface area contributed by atoms with E-state index in [1.807, 2.05) is 78.9 Å². The SMILES string of the molecule is O=C1SC(Cc2ccccc2)C(=Nc2ccccc2)N1c1ccccc1. The van der Waals surface area contributed by atoms with Crippen LogP contribution in [0.15, 0.2) is 96.0 Å². The van der Waals surface area contributed by atoms with Crippen LogP contribution in [0.25, 0.3) is 0 Å². The highest BCUT2D eigenvalue weighted by molar-refractivity contribution is 8.15. The molecule has 0 aromatic heterocycles. The molecule has 0 N–H and O–H groups in total. The van der Waals surface area contributed by atoms with Crippen molar-refractivity contribution in [2.75, 3.05) is 4.90 Å². The summed E-state index contributed by atoms with van der Waals surface area (Å²) in [6.07, 6.45) is 0.770. The molecule has 26 heavy (non-hydrogen) atoms. The van der Waals surface area contributed by atoms with Gasteiger partial charge in [0.1, 0.15) is 5.84 Å². The first kappa shape index (κ1) is 16.6. The fourth-order valence-corrected chi connectivity index (χ4v) is 4.08. The van der Waals surface area contributed by atoms with Gasteiger partial charge >= 0.3 is 0 Å². The monoisotopic (exact) mass is 358 g/mol. The van der Waals surface area contributed by atoms with E-state index in [0.29, 0.717) is 0 Å². The van der Waals surface area contributed by atoms with Gasteiger partial charge in [-0.1, -0.05) is 78.5 Å². The highest BCUT2D eigenvalue weighted by Gasteiger charge is 2.38. The molecule has 1 saturated heterocycles. The third-order valence-corrected chi connectivity index (χ3v) is 5.27. The number of carbonyl (C=O) groups excluding carboxylic acids is 1. The van der Waals surface area contributed by atoms with E-state index < -0.39 is 0 Å². The van der Waals surface area contributed by atoms with Gasteiger partial charge in [0, 0.05) is 0 Å². The van der Waals surface area contributed by atoms with Crippen LogP contribution in [0.2, 0.25) is 0 Å². The predicted molar refractivity (Wildman–Crippen MR) is 109 cm³/mol. The Kier molecular flexibility index (Phi) is 4.84. The summed E-state index contributed by atoms with van der Waals surface area (Å²) in [5, 5.41) is 0.0112. The number of thioether (sulfide) groups is 1. The summed E-state index contributed by atoms with van der Waals surface area (Å²) in [6, 6.07) is 29.8. The molecule has 1 unspecified atom stereocenters. The molecule has 0 radical (unpaired) electrons. The fraction of sp³-hybridized carbons (Fsp3) is 0.0909. The lowest BCUT2D eigenvalue weighted by Crippen LogP contribution is -2.32. The molecule has 3 aromatic rings. The van der Waals surface area contributed by atoms with Crippen LogP contribution in [0.4, 0.5) is 16.2 Å². The van der Waals surface area contributed by atoms with Crippen LogP contribution in [0.5, 0.6) is 0 Å². The van der Waals surface area contributed by atoms with Gasteiger partial charge in [-0.25, -0.2) is 4.99 Å². The average Bonchev–Trinajstić information content (AvgIpc) is 2.99. The van der Waals surface area contributed by atoms with Gasteiger partial charge in [-0.05, 0) is 36.2 Å². The Morgan fingerprint density at radius 1 is 0.808 bits per heavy atom. The number of amides is 1. The Balaban J connectivity index is 1.74. The maximum absolute atomic E-state index is 12.8. The van der Waals surface area contributed by atoms with E-state index >= 15 is 0 Å². The van der Waals surface area contributed by atoms with Crippen LogP contribution in [0, 0.1) is 0 Å². The number of hydrogen-bond donors (Lipinski definition) is 0. The molecule has 128 valence electrons. The van der Waals surface area contributed by atoms with Gasteiger partial charge in [-0.15, -0.1) is 0 Å². The van der Waals surface area contributed by atoms with E-state index in [2.05, 4.69) is 12.1 Å². The van der Waals surface area contributed by atoms with Gasteiger partial charge in [0.2, 0.25) is 0 Å². The summed E-state index contributed by atoms with van der Waals surface area (Å²) < 4.78 is 0. The number of carbonyl (C=O) groups is 1. The number of para-hydroxylation sites is 2. The third-order valence-electron chi connectivity index (χ3n) is 4.22. The molecule has 0 bridgehead atoms. The molecule has 1 heterocycles. The van der Waals surface area contributed by atoms with Crippen molar-refractivity contribution in [3.8, 4) is 0 Å². The van der Waals surface area contributed by atoms with Crippen LogP contribution in [0.3, 0.4) is 0 Å². The molecule has 4 heteroatoms. The quantitative estimate of drug-likeness (QED) is 0.599. The Bertz CT molecular complexity index is 911. The Morgan fingerprint density at radius 3 is 2.04 bits per heavy atom. The molecule has 1 atom stereocenters. The van der Waals surface area contributed by atoms with Crippen LogP contribution in [0.1, 0.15) is 5.56 Å². The van der Waals surface area contributed by atoms with E-state index in [-0.39, 0.29) is 10.5 Å². The van der Waals surface area contributed by atoms with Gasteiger partial charge in [0.15, 0.2) is 0 Å². The van der Waals surface area contributed by atoms with Crippen molar-refractivity contribution < 1.29 is 4.79 Å².